The molecule has 0 aliphatic carbocycles. The van der Waals surface area contributed by atoms with E-state index in [1.165, 1.54) is 35.2 Å². The van der Waals surface area contributed by atoms with Crippen LogP contribution in [0.2, 0.25) is 5.02 Å². The summed E-state index contributed by atoms with van der Waals surface area (Å²) in [6, 6.07) is 11.4. The third-order valence-electron chi connectivity index (χ3n) is 3.55. The molecule has 3 nitrogen and oxygen atoms in total. The van der Waals surface area contributed by atoms with Crippen LogP contribution in [-0.4, -0.2) is 17.1 Å². The Balaban J connectivity index is 1.85. The number of benzene rings is 2. The Labute approximate surface area is 158 Å². The minimum Gasteiger partial charge on any atom is -0.298 e. The number of thiazole rings is 1. The van der Waals surface area contributed by atoms with Crippen LogP contribution in [0.1, 0.15) is 15.2 Å². The Morgan fingerprint density at radius 1 is 1.24 bits per heavy atom. The maximum atomic E-state index is 13.1. The number of carbonyl (C=O) groups excluding carboxylic acids is 1. The van der Waals surface area contributed by atoms with Crippen molar-refractivity contribution in [3.8, 4) is 11.3 Å². The number of hydrogen-bond donors (Lipinski definition) is 1. The lowest BCUT2D eigenvalue weighted by Gasteiger charge is -2.06. The maximum Gasteiger partial charge on any atom is 0.258 e. The van der Waals surface area contributed by atoms with E-state index in [1.54, 1.807) is 24.3 Å². The number of nitrogens with one attached hydrogen (secondary N) is 1. The lowest BCUT2D eigenvalue weighted by Crippen LogP contribution is -2.12. The van der Waals surface area contributed by atoms with E-state index in [1.807, 2.05) is 19.2 Å². The summed E-state index contributed by atoms with van der Waals surface area (Å²) in [6.45, 7) is 1.91. The number of thioether (sulfide) groups is 1. The molecule has 3 aromatic rings. The Bertz CT molecular complexity index is 925. The van der Waals surface area contributed by atoms with Gasteiger partial charge in [0.05, 0.1) is 16.3 Å². The van der Waals surface area contributed by atoms with Crippen LogP contribution in [0, 0.1) is 12.7 Å². The van der Waals surface area contributed by atoms with Gasteiger partial charge in [0.2, 0.25) is 0 Å². The molecule has 128 valence electrons. The molecular formula is C18H14ClFN2OS2. The molecule has 1 N–H and O–H groups in total. The molecule has 3 rings (SSSR count). The van der Waals surface area contributed by atoms with Crippen molar-refractivity contribution in [2.75, 3.05) is 11.6 Å². The van der Waals surface area contributed by atoms with Gasteiger partial charge in [-0.15, -0.1) is 23.1 Å². The van der Waals surface area contributed by atoms with E-state index in [0.29, 0.717) is 15.7 Å². The normalized spacial score (nSPS) is 10.7. The molecule has 0 bridgehead atoms. The van der Waals surface area contributed by atoms with Gasteiger partial charge in [0.25, 0.3) is 5.91 Å². The van der Waals surface area contributed by atoms with Crippen molar-refractivity contribution in [1.29, 1.82) is 0 Å². The first-order valence-corrected chi connectivity index (χ1v) is 9.78. The van der Waals surface area contributed by atoms with Crippen LogP contribution in [0.4, 0.5) is 9.52 Å². The number of aromatic nitrogens is 1. The molecular weight excluding hydrogens is 379 g/mol. The Morgan fingerprint density at radius 3 is 2.64 bits per heavy atom. The fourth-order valence-corrected chi connectivity index (χ4v) is 3.77. The summed E-state index contributed by atoms with van der Waals surface area (Å²) in [4.78, 5) is 18.9. The van der Waals surface area contributed by atoms with Gasteiger partial charge in [0.15, 0.2) is 5.13 Å². The molecule has 1 heterocycles. The van der Waals surface area contributed by atoms with Gasteiger partial charge in [-0.2, -0.15) is 0 Å². The fourth-order valence-electron chi connectivity index (χ4n) is 2.30. The highest BCUT2D eigenvalue weighted by atomic mass is 35.5. The minimum absolute atomic E-state index is 0.298. The smallest absolute Gasteiger partial charge is 0.258 e. The van der Waals surface area contributed by atoms with E-state index in [0.717, 1.165) is 21.0 Å². The molecule has 0 unspecified atom stereocenters. The average molecular weight is 393 g/mol. The Hall–Kier alpha value is -1.89. The number of hydrogen-bond acceptors (Lipinski definition) is 4. The Kier molecular flexibility index (Phi) is 5.42. The van der Waals surface area contributed by atoms with Crippen LogP contribution < -0.4 is 5.32 Å². The molecule has 0 saturated carbocycles. The predicted molar refractivity (Wildman–Crippen MR) is 103 cm³/mol. The molecule has 0 aliphatic heterocycles. The summed E-state index contributed by atoms with van der Waals surface area (Å²) in [5.74, 6) is -0.603. The van der Waals surface area contributed by atoms with Crippen molar-refractivity contribution in [3.05, 3.63) is 63.7 Å². The minimum atomic E-state index is -0.305. The maximum absolute atomic E-state index is 13.1. The lowest BCUT2D eigenvalue weighted by molar-refractivity contribution is 0.102. The van der Waals surface area contributed by atoms with Crippen molar-refractivity contribution in [3.63, 3.8) is 0 Å². The van der Waals surface area contributed by atoms with Crippen LogP contribution in [0.15, 0.2) is 47.4 Å². The van der Waals surface area contributed by atoms with Crippen molar-refractivity contribution in [2.45, 2.75) is 11.8 Å². The molecule has 1 amide bonds. The highest BCUT2D eigenvalue weighted by Crippen LogP contribution is 2.31. The van der Waals surface area contributed by atoms with E-state index >= 15 is 0 Å². The van der Waals surface area contributed by atoms with Gasteiger partial charge in [0, 0.05) is 15.3 Å². The van der Waals surface area contributed by atoms with E-state index in [9.17, 15) is 9.18 Å². The van der Waals surface area contributed by atoms with E-state index in [2.05, 4.69) is 10.3 Å². The zero-order valence-corrected chi connectivity index (χ0v) is 15.9. The zero-order chi connectivity index (χ0) is 18.0. The summed E-state index contributed by atoms with van der Waals surface area (Å²) in [5, 5.41) is 3.66. The summed E-state index contributed by atoms with van der Waals surface area (Å²) in [5.41, 5.74) is 1.94. The molecule has 25 heavy (non-hydrogen) atoms. The second-order valence-electron chi connectivity index (χ2n) is 5.23. The summed E-state index contributed by atoms with van der Waals surface area (Å²) < 4.78 is 13.1. The van der Waals surface area contributed by atoms with Crippen molar-refractivity contribution < 1.29 is 9.18 Å². The van der Waals surface area contributed by atoms with Crippen molar-refractivity contribution in [1.82, 2.24) is 4.98 Å². The number of carbonyl (C=O) groups is 1. The SMILES string of the molecule is CSc1ccc(Cl)c(C(=O)Nc2nc(-c3ccc(F)cc3)c(C)s2)c1. The predicted octanol–water partition coefficient (Wildman–Crippen LogP) is 5.89. The monoisotopic (exact) mass is 392 g/mol. The number of rotatable bonds is 4. The van der Waals surface area contributed by atoms with Gasteiger partial charge in [-0.1, -0.05) is 11.6 Å². The van der Waals surface area contributed by atoms with E-state index < -0.39 is 0 Å². The second kappa shape index (κ2) is 7.56. The lowest BCUT2D eigenvalue weighted by atomic mass is 10.1. The first-order chi connectivity index (χ1) is 12.0. The summed E-state index contributed by atoms with van der Waals surface area (Å²) in [6.07, 6.45) is 1.93. The van der Waals surface area contributed by atoms with Crippen LogP contribution in [0.5, 0.6) is 0 Å². The van der Waals surface area contributed by atoms with Crippen LogP contribution >= 0.6 is 34.7 Å². The van der Waals surface area contributed by atoms with E-state index in [-0.39, 0.29) is 11.7 Å². The van der Waals surface area contributed by atoms with Crippen molar-refractivity contribution >= 4 is 45.7 Å². The topological polar surface area (TPSA) is 42.0 Å². The highest BCUT2D eigenvalue weighted by molar-refractivity contribution is 7.98. The first kappa shape index (κ1) is 17.9. The second-order valence-corrected chi connectivity index (χ2v) is 7.72. The molecule has 7 heteroatoms. The molecule has 0 fully saturated rings. The molecule has 2 aromatic carbocycles. The fraction of sp³-hybridized carbons (Fsp3) is 0.111. The van der Waals surface area contributed by atoms with Gasteiger partial charge in [-0.3, -0.25) is 10.1 Å². The highest BCUT2D eigenvalue weighted by Gasteiger charge is 2.16. The molecule has 0 saturated heterocycles. The van der Waals surface area contributed by atoms with Crippen LogP contribution in [0.25, 0.3) is 11.3 Å². The first-order valence-electron chi connectivity index (χ1n) is 7.36. The number of amides is 1. The third-order valence-corrected chi connectivity index (χ3v) is 5.49. The number of aryl methyl sites for hydroxylation is 1. The molecule has 0 spiro atoms. The average Bonchev–Trinajstić information content (AvgIpc) is 2.96. The Morgan fingerprint density at radius 2 is 1.96 bits per heavy atom. The quantitative estimate of drug-likeness (QED) is 0.563. The standard InChI is InChI=1S/C18H14ClFN2OS2/c1-10-16(11-3-5-12(20)6-4-11)21-18(25-10)22-17(23)14-9-13(24-2)7-8-15(14)19/h3-9H,1-2H3,(H,21,22,23). The van der Waals surface area contributed by atoms with Crippen molar-refractivity contribution in [2.24, 2.45) is 0 Å². The van der Waals surface area contributed by atoms with Gasteiger partial charge >= 0.3 is 0 Å². The van der Waals surface area contributed by atoms with Gasteiger partial charge in [-0.25, -0.2) is 9.37 Å². The van der Waals surface area contributed by atoms with Crippen LogP contribution in [-0.2, 0) is 0 Å². The molecule has 0 atom stereocenters. The number of nitrogens with zero attached hydrogens (tertiary/aromatic N) is 1. The molecule has 0 radical (unpaired) electrons. The number of halogens is 2. The van der Waals surface area contributed by atoms with E-state index in [4.69, 9.17) is 11.6 Å². The van der Waals surface area contributed by atoms with Gasteiger partial charge in [0.1, 0.15) is 5.82 Å². The summed E-state index contributed by atoms with van der Waals surface area (Å²) in [7, 11) is 0. The molecule has 0 aliphatic rings. The summed E-state index contributed by atoms with van der Waals surface area (Å²) >= 11 is 9.04. The molecule has 1 aromatic heterocycles. The third kappa shape index (κ3) is 4.03. The van der Waals surface area contributed by atoms with Gasteiger partial charge in [-0.05, 0) is 55.6 Å². The van der Waals surface area contributed by atoms with Gasteiger partial charge < -0.3 is 0 Å². The zero-order valence-electron chi connectivity index (χ0n) is 13.5. The largest absolute Gasteiger partial charge is 0.298 e. The van der Waals surface area contributed by atoms with Crippen LogP contribution in [0.3, 0.4) is 0 Å². The number of anilines is 1.